The van der Waals surface area contributed by atoms with E-state index >= 15 is 0 Å². The molecule has 1 atom stereocenters. The Balaban J connectivity index is 2.82. The van der Waals surface area contributed by atoms with Crippen LogP contribution < -0.4 is 5.32 Å². The van der Waals surface area contributed by atoms with Crippen LogP contribution in [0.4, 0.5) is 19.0 Å². The van der Waals surface area contributed by atoms with Crippen LogP contribution in [0, 0.1) is 6.92 Å². The lowest BCUT2D eigenvalue weighted by atomic mass is 10.3. The van der Waals surface area contributed by atoms with E-state index in [-0.39, 0.29) is 5.82 Å². The molecule has 0 fully saturated rings. The number of nitrogens with zero attached hydrogens (tertiary/aromatic N) is 1. The molecule has 0 radical (unpaired) electrons. The Morgan fingerprint density at radius 2 is 2.07 bits per heavy atom. The van der Waals surface area contributed by atoms with Crippen LogP contribution in [0.2, 0.25) is 0 Å². The summed E-state index contributed by atoms with van der Waals surface area (Å²) < 4.78 is 37.2. The summed E-state index contributed by atoms with van der Waals surface area (Å²) in [7, 11) is 0. The molecule has 84 valence electrons. The third-order valence-corrected chi connectivity index (χ3v) is 2.43. The first-order valence-electron chi connectivity index (χ1n) is 4.26. The predicted molar refractivity (Wildman–Crippen MR) is 55.8 cm³/mol. The molecule has 1 aromatic rings. The standard InChI is InChI=1S/C9H10BrF3N2/c1-5-3-7(10)8(14-4-5)15-6(2)9(11,12)13/h3-4,6H,1-2H3,(H,14,15). The first kappa shape index (κ1) is 12.3. The Morgan fingerprint density at radius 1 is 1.47 bits per heavy atom. The Bertz CT molecular complexity index is 352. The van der Waals surface area contributed by atoms with Gasteiger partial charge in [-0.3, -0.25) is 0 Å². The number of rotatable bonds is 2. The lowest BCUT2D eigenvalue weighted by molar-refractivity contribution is -0.138. The largest absolute Gasteiger partial charge is 0.408 e. The molecule has 0 amide bonds. The number of alkyl halides is 3. The Morgan fingerprint density at radius 3 is 2.53 bits per heavy atom. The molecule has 0 aliphatic carbocycles. The van der Waals surface area contributed by atoms with Gasteiger partial charge in [0.1, 0.15) is 11.9 Å². The minimum absolute atomic E-state index is 0.199. The molecule has 1 heterocycles. The van der Waals surface area contributed by atoms with Crippen molar-refractivity contribution in [2.75, 3.05) is 5.32 Å². The second kappa shape index (κ2) is 4.38. The summed E-state index contributed by atoms with van der Waals surface area (Å²) >= 11 is 3.15. The summed E-state index contributed by atoms with van der Waals surface area (Å²) in [6, 6.07) is 0.0855. The number of anilines is 1. The highest BCUT2D eigenvalue weighted by molar-refractivity contribution is 9.10. The second-order valence-electron chi connectivity index (χ2n) is 3.25. The summed E-state index contributed by atoms with van der Waals surface area (Å²) in [4.78, 5) is 3.87. The van der Waals surface area contributed by atoms with Gasteiger partial charge in [-0.2, -0.15) is 13.2 Å². The molecule has 15 heavy (non-hydrogen) atoms. The monoisotopic (exact) mass is 282 g/mol. The summed E-state index contributed by atoms with van der Waals surface area (Å²) in [6.07, 6.45) is -2.76. The van der Waals surface area contributed by atoms with Crippen molar-refractivity contribution in [3.8, 4) is 0 Å². The third-order valence-electron chi connectivity index (χ3n) is 1.82. The van der Waals surface area contributed by atoms with Gasteiger partial charge >= 0.3 is 6.18 Å². The zero-order valence-corrected chi connectivity index (χ0v) is 9.78. The zero-order valence-electron chi connectivity index (χ0n) is 8.19. The van der Waals surface area contributed by atoms with Gasteiger partial charge in [0.25, 0.3) is 0 Å². The van der Waals surface area contributed by atoms with Gasteiger partial charge in [-0.15, -0.1) is 0 Å². The molecule has 0 aliphatic rings. The summed E-state index contributed by atoms with van der Waals surface area (Å²) in [5, 5.41) is 2.29. The second-order valence-corrected chi connectivity index (χ2v) is 4.11. The fourth-order valence-corrected chi connectivity index (χ4v) is 1.50. The maximum absolute atomic E-state index is 12.2. The van der Waals surface area contributed by atoms with Gasteiger partial charge in [0.2, 0.25) is 0 Å². The molecule has 2 nitrogen and oxygen atoms in total. The molecule has 0 spiro atoms. The van der Waals surface area contributed by atoms with Crippen molar-refractivity contribution in [3.05, 3.63) is 22.3 Å². The Kier molecular flexibility index (Phi) is 3.59. The van der Waals surface area contributed by atoms with E-state index in [2.05, 4.69) is 26.2 Å². The number of hydrogen-bond donors (Lipinski definition) is 1. The minimum atomic E-state index is -4.27. The molecule has 0 saturated carbocycles. The maximum Gasteiger partial charge on any atom is 0.408 e. The highest BCUT2D eigenvalue weighted by atomic mass is 79.9. The van der Waals surface area contributed by atoms with E-state index in [1.807, 2.05) is 6.92 Å². The Labute approximate surface area is 94.0 Å². The lowest BCUT2D eigenvalue weighted by Crippen LogP contribution is -2.33. The molecular weight excluding hydrogens is 273 g/mol. The number of halogens is 4. The van der Waals surface area contributed by atoms with Crippen LogP contribution in [0.3, 0.4) is 0 Å². The molecule has 0 saturated heterocycles. The van der Waals surface area contributed by atoms with Gasteiger partial charge in [0.15, 0.2) is 0 Å². The van der Waals surface area contributed by atoms with Gasteiger partial charge in [0, 0.05) is 6.20 Å². The average Bonchev–Trinajstić information content (AvgIpc) is 2.08. The van der Waals surface area contributed by atoms with Gasteiger partial charge in [-0.25, -0.2) is 4.98 Å². The van der Waals surface area contributed by atoms with Crippen LogP contribution in [0.5, 0.6) is 0 Å². The van der Waals surface area contributed by atoms with Crippen LogP contribution in [0.1, 0.15) is 12.5 Å². The summed E-state index contributed by atoms with van der Waals surface area (Å²) in [5.41, 5.74) is 0.882. The highest BCUT2D eigenvalue weighted by Crippen LogP contribution is 2.26. The molecular formula is C9H10BrF3N2. The summed E-state index contributed by atoms with van der Waals surface area (Å²) in [6.45, 7) is 2.86. The molecule has 0 bridgehead atoms. The lowest BCUT2D eigenvalue weighted by Gasteiger charge is -2.18. The van der Waals surface area contributed by atoms with Crippen molar-refractivity contribution < 1.29 is 13.2 Å². The molecule has 0 aromatic carbocycles. The fraction of sp³-hybridized carbons (Fsp3) is 0.444. The van der Waals surface area contributed by atoms with Gasteiger partial charge < -0.3 is 5.32 Å². The van der Waals surface area contributed by atoms with Crippen LogP contribution in [0.15, 0.2) is 16.7 Å². The van der Waals surface area contributed by atoms with Gasteiger partial charge in [-0.1, -0.05) is 0 Å². The van der Waals surface area contributed by atoms with Crippen molar-refractivity contribution in [2.24, 2.45) is 0 Å². The van der Waals surface area contributed by atoms with E-state index in [1.54, 1.807) is 6.07 Å². The number of aryl methyl sites for hydroxylation is 1. The molecule has 0 aliphatic heterocycles. The zero-order chi connectivity index (χ0) is 11.6. The predicted octanol–water partition coefficient (Wildman–Crippen LogP) is 3.52. The molecule has 6 heteroatoms. The van der Waals surface area contributed by atoms with Crippen molar-refractivity contribution in [1.82, 2.24) is 4.98 Å². The molecule has 1 N–H and O–H groups in total. The summed E-state index contributed by atoms with van der Waals surface area (Å²) in [5.74, 6) is 0.199. The Hall–Kier alpha value is -0.780. The first-order chi connectivity index (χ1) is 6.80. The first-order valence-corrected chi connectivity index (χ1v) is 5.05. The molecule has 1 aromatic heterocycles. The van der Waals surface area contributed by atoms with Crippen molar-refractivity contribution in [2.45, 2.75) is 26.1 Å². The number of nitrogens with one attached hydrogen (secondary N) is 1. The van der Waals surface area contributed by atoms with Crippen molar-refractivity contribution in [3.63, 3.8) is 0 Å². The fourth-order valence-electron chi connectivity index (χ4n) is 0.927. The van der Waals surface area contributed by atoms with Crippen LogP contribution >= 0.6 is 15.9 Å². The van der Waals surface area contributed by atoms with Crippen molar-refractivity contribution >= 4 is 21.7 Å². The minimum Gasteiger partial charge on any atom is -0.358 e. The SMILES string of the molecule is Cc1cnc(NC(C)C(F)(F)F)c(Br)c1. The van der Waals surface area contributed by atoms with E-state index in [0.29, 0.717) is 4.47 Å². The van der Waals surface area contributed by atoms with Crippen LogP contribution in [-0.4, -0.2) is 17.2 Å². The quantitative estimate of drug-likeness (QED) is 0.898. The van der Waals surface area contributed by atoms with E-state index in [9.17, 15) is 13.2 Å². The average molecular weight is 283 g/mol. The van der Waals surface area contributed by atoms with Crippen LogP contribution in [0.25, 0.3) is 0 Å². The maximum atomic E-state index is 12.2. The van der Waals surface area contributed by atoms with Gasteiger partial charge in [-0.05, 0) is 41.4 Å². The highest BCUT2D eigenvalue weighted by Gasteiger charge is 2.36. The normalized spacial score (nSPS) is 13.7. The number of hydrogen-bond acceptors (Lipinski definition) is 2. The van der Waals surface area contributed by atoms with E-state index in [1.165, 1.54) is 6.20 Å². The van der Waals surface area contributed by atoms with Gasteiger partial charge in [0.05, 0.1) is 4.47 Å². The number of pyridine rings is 1. The van der Waals surface area contributed by atoms with E-state index < -0.39 is 12.2 Å². The molecule has 1 unspecified atom stereocenters. The number of aromatic nitrogens is 1. The van der Waals surface area contributed by atoms with E-state index in [0.717, 1.165) is 12.5 Å². The van der Waals surface area contributed by atoms with Crippen molar-refractivity contribution in [1.29, 1.82) is 0 Å². The van der Waals surface area contributed by atoms with Crippen LogP contribution in [-0.2, 0) is 0 Å². The van der Waals surface area contributed by atoms with E-state index in [4.69, 9.17) is 0 Å². The third kappa shape index (κ3) is 3.37. The topological polar surface area (TPSA) is 24.9 Å². The molecule has 1 rings (SSSR count). The smallest absolute Gasteiger partial charge is 0.358 e.